The third kappa shape index (κ3) is 3.93. The summed E-state index contributed by atoms with van der Waals surface area (Å²) in [4.78, 5) is 7.02. The van der Waals surface area contributed by atoms with Crippen LogP contribution in [0.2, 0.25) is 0 Å². The molecule has 0 fully saturated rings. The number of rotatable bonds is 6. The van der Waals surface area contributed by atoms with Gasteiger partial charge in [-0.1, -0.05) is 37.3 Å². The van der Waals surface area contributed by atoms with Gasteiger partial charge in [-0.05, 0) is 25.5 Å². The summed E-state index contributed by atoms with van der Waals surface area (Å²) in [5, 5.41) is 3.35. The van der Waals surface area contributed by atoms with Crippen molar-refractivity contribution in [1.29, 1.82) is 0 Å². The van der Waals surface area contributed by atoms with Crippen molar-refractivity contribution in [3.63, 3.8) is 0 Å². The zero-order valence-corrected chi connectivity index (χ0v) is 11.9. The highest BCUT2D eigenvalue weighted by atomic mass is 32.1. The molecule has 1 aromatic carbocycles. The highest BCUT2D eigenvalue weighted by Gasteiger charge is 2.08. The van der Waals surface area contributed by atoms with Crippen LogP contribution in [0.15, 0.2) is 35.7 Å². The molecule has 96 valence electrons. The molecule has 0 atom stereocenters. The van der Waals surface area contributed by atoms with Gasteiger partial charge in [0.15, 0.2) is 0 Å². The van der Waals surface area contributed by atoms with Gasteiger partial charge in [0.25, 0.3) is 0 Å². The first-order valence-corrected chi connectivity index (χ1v) is 7.33. The minimum absolute atomic E-state index is 0.960. The Morgan fingerprint density at radius 3 is 2.56 bits per heavy atom. The summed E-state index contributed by atoms with van der Waals surface area (Å²) < 4.78 is 0. The largest absolute Gasteiger partial charge is 0.292 e. The summed E-state index contributed by atoms with van der Waals surface area (Å²) >= 11 is 1.76. The predicted octanol–water partition coefficient (Wildman–Crippen LogP) is 3.86. The van der Waals surface area contributed by atoms with Crippen molar-refractivity contribution >= 4 is 11.3 Å². The maximum atomic E-state index is 4.55. The average Bonchev–Trinajstić information content (AvgIpc) is 2.76. The third-order valence-electron chi connectivity index (χ3n) is 2.81. The van der Waals surface area contributed by atoms with Crippen LogP contribution >= 0.6 is 11.3 Å². The van der Waals surface area contributed by atoms with Gasteiger partial charge in [-0.15, -0.1) is 11.3 Å². The second-order valence-electron chi connectivity index (χ2n) is 4.58. The smallest absolute Gasteiger partial charge is 0.107 e. The van der Waals surface area contributed by atoms with E-state index in [0.717, 1.165) is 25.3 Å². The van der Waals surface area contributed by atoms with Crippen LogP contribution in [0.1, 0.15) is 29.6 Å². The number of thiazole rings is 1. The van der Waals surface area contributed by atoms with Crippen LogP contribution in [0.25, 0.3) is 0 Å². The molecule has 0 saturated heterocycles. The summed E-state index contributed by atoms with van der Waals surface area (Å²) in [5.41, 5.74) is 2.50. The molecule has 0 bridgehead atoms. The molecule has 0 unspecified atom stereocenters. The minimum Gasteiger partial charge on any atom is -0.292 e. The standard InChI is InChI=1S/C15H20N2S/c1-3-9-17(10-14-7-5-4-6-8-14)11-15-16-13(2)12-18-15/h4-8,12H,3,9-11H2,1-2H3. The van der Waals surface area contributed by atoms with Crippen LogP contribution in [0.4, 0.5) is 0 Å². The molecule has 18 heavy (non-hydrogen) atoms. The molecular formula is C15H20N2S. The number of hydrogen-bond donors (Lipinski definition) is 0. The quantitative estimate of drug-likeness (QED) is 0.784. The number of aromatic nitrogens is 1. The van der Waals surface area contributed by atoms with Crippen LogP contribution < -0.4 is 0 Å². The minimum atomic E-state index is 0.960. The van der Waals surface area contributed by atoms with Gasteiger partial charge in [0, 0.05) is 17.6 Å². The van der Waals surface area contributed by atoms with Gasteiger partial charge in [-0.2, -0.15) is 0 Å². The molecule has 3 heteroatoms. The number of nitrogens with zero attached hydrogens (tertiary/aromatic N) is 2. The van der Waals surface area contributed by atoms with E-state index in [0.29, 0.717) is 0 Å². The Labute approximate surface area is 113 Å². The molecule has 0 aliphatic rings. The van der Waals surface area contributed by atoms with Crippen LogP contribution in [-0.4, -0.2) is 16.4 Å². The van der Waals surface area contributed by atoms with E-state index in [9.17, 15) is 0 Å². The van der Waals surface area contributed by atoms with E-state index in [1.54, 1.807) is 11.3 Å². The lowest BCUT2D eigenvalue weighted by molar-refractivity contribution is 0.257. The Balaban J connectivity index is 1.99. The number of aryl methyl sites for hydroxylation is 1. The zero-order chi connectivity index (χ0) is 12.8. The molecule has 0 aliphatic heterocycles. The van der Waals surface area contributed by atoms with Crippen LogP contribution in [-0.2, 0) is 13.1 Å². The van der Waals surface area contributed by atoms with E-state index < -0.39 is 0 Å². The van der Waals surface area contributed by atoms with E-state index in [2.05, 4.69) is 59.4 Å². The first-order valence-electron chi connectivity index (χ1n) is 6.45. The van der Waals surface area contributed by atoms with Gasteiger partial charge in [0.2, 0.25) is 0 Å². The topological polar surface area (TPSA) is 16.1 Å². The second kappa shape index (κ2) is 6.66. The second-order valence-corrected chi connectivity index (χ2v) is 5.52. The Bertz CT molecular complexity index is 464. The van der Waals surface area contributed by atoms with Crippen molar-refractivity contribution in [3.8, 4) is 0 Å². The molecule has 1 heterocycles. The maximum absolute atomic E-state index is 4.55. The van der Waals surface area contributed by atoms with Gasteiger partial charge in [-0.3, -0.25) is 4.90 Å². The number of hydrogen-bond acceptors (Lipinski definition) is 3. The van der Waals surface area contributed by atoms with Crippen molar-refractivity contribution in [2.75, 3.05) is 6.54 Å². The molecule has 0 aliphatic carbocycles. The molecule has 0 spiro atoms. The third-order valence-corrected chi connectivity index (χ3v) is 3.77. The summed E-state index contributed by atoms with van der Waals surface area (Å²) in [6.45, 7) is 7.37. The van der Waals surface area contributed by atoms with E-state index >= 15 is 0 Å². The average molecular weight is 260 g/mol. The van der Waals surface area contributed by atoms with Crippen molar-refractivity contribution in [3.05, 3.63) is 52.0 Å². The van der Waals surface area contributed by atoms with E-state index in [-0.39, 0.29) is 0 Å². The first-order chi connectivity index (χ1) is 8.78. The highest BCUT2D eigenvalue weighted by molar-refractivity contribution is 7.09. The normalized spacial score (nSPS) is 11.1. The maximum Gasteiger partial charge on any atom is 0.107 e. The van der Waals surface area contributed by atoms with Crippen molar-refractivity contribution in [2.24, 2.45) is 0 Å². The fraction of sp³-hybridized carbons (Fsp3) is 0.400. The molecule has 0 amide bonds. The fourth-order valence-electron chi connectivity index (χ4n) is 2.04. The molecule has 2 rings (SSSR count). The van der Waals surface area contributed by atoms with Crippen LogP contribution in [0.5, 0.6) is 0 Å². The van der Waals surface area contributed by atoms with Crippen LogP contribution in [0, 0.1) is 6.92 Å². The molecular weight excluding hydrogens is 240 g/mol. The first kappa shape index (κ1) is 13.2. The molecule has 1 aromatic heterocycles. The molecule has 0 radical (unpaired) electrons. The van der Waals surface area contributed by atoms with Crippen molar-refractivity contribution in [2.45, 2.75) is 33.4 Å². The Kier molecular flexibility index (Phi) is 4.90. The van der Waals surface area contributed by atoms with Gasteiger partial charge >= 0.3 is 0 Å². The monoisotopic (exact) mass is 260 g/mol. The SMILES string of the molecule is CCCN(Cc1ccccc1)Cc1nc(C)cs1. The Hall–Kier alpha value is -1.19. The molecule has 2 aromatic rings. The zero-order valence-electron chi connectivity index (χ0n) is 11.1. The lowest BCUT2D eigenvalue weighted by atomic mass is 10.2. The predicted molar refractivity (Wildman–Crippen MR) is 77.7 cm³/mol. The summed E-state index contributed by atoms with van der Waals surface area (Å²) in [7, 11) is 0. The summed E-state index contributed by atoms with van der Waals surface area (Å²) in [6.07, 6.45) is 1.18. The Morgan fingerprint density at radius 1 is 1.17 bits per heavy atom. The van der Waals surface area contributed by atoms with E-state index in [4.69, 9.17) is 0 Å². The van der Waals surface area contributed by atoms with Gasteiger partial charge in [0.05, 0.1) is 6.54 Å². The summed E-state index contributed by atoms with van der Waals surface area (Å²) in [5.74, 6) is 0. The Morgan fingerprint density at radius 2 is 1.94 bits per heavy atom. The number of benzene rings is 1. The fourth-order valence-corrected chi connectivity index (χ4v) is 2.85. The molecule has 0 saturated carbocycles. The van der Waals surface area contributed by atoms with Crippen molar-refractivity contribution in [1.82, 2.24) is 9.88 Å². The van der Waals surface area contributed by atoms with E-state index in [1.165, 1.54) is 17.0 Å². The lowest BCUT2D eigenvalue weighted by Crippen LogP contribution is -2.23. The van der Waals surface area contributed by atoms with Crippen molar-refractivity contribution < 1.29 is 0 Å². The lowest BCUT2D eigenvalue weighted by Gasteiger charge is -2.20. The molecule has 0 N–H and O–H groups in total. The summed E-state index contributed by atoms with van der Waals surface area (Å²) in [6, 6.07) is 10.7. The van der Waals surface area contributed by atoms with Gasteiger partial charge < -0.3 is 0 Å². The van der Waals surface area contributed by atoms with Gasteiger partial charge in [0.1, 0.15) is 5.01 Å². The highest BCUT2D eigenvalue weighted by Crippen LogP contribution is 2.14. The van der Waals surface area contributed by atoms with Gasteiger partial charge in [-0.25, -0.2) is 4.98 Å². The van der Waals surface area contributed by atoms with Crippen LogP contribution in [0.3, 0.4) is 0 Å². The molecule has 2 nitrogen and oxygen atoms in total. The van der Waals surface area contributed by atoms with E-state index in [1.807, 2.05) is 0 Å².